The number of ether oxygens (including phenoxy) is 1. The van der Waals surface area contributed by atoms with Crippen molar-refractivity contribution in [3.05, 3.63) is 71.3 Å². The minimum atomic E-state index is -0.281. The summed E-state index contributed by atoms with van der Waals surface area (Å²) in [6.07, 6.45) is 1.38. The second-order valence-corrected chi connectivity index (χ2v) is 9.05. The van der Waals surface area contributed by atoms with Crippen LogP contribution in [0.4, 0.5) is 5.69 Å². The van der Waals surface area contributed by atoms with Crippen LogP contribution in [0.2, 0.25) is 0 Å². The van der Waals surface area contributed by atoms with E-state index in [2.05, 4.69) is 43.4 Å². The summed E-state index contributed by atoms with van der Waals surface area (Å²) in [6.45, 7) is 4.33. The van der Waals surface area contributed by atoms with E-state index in [4.69, 9.17) is 4.74 Å². The molecule has 0 bridgehead atoms. The lowest BCUT2D eigenvalue weighted by Gasteiger charge is -2.40. The number of methoxy groups -OCH3 is 1. The fourth-order valence-electron chi connectivity index (χ4n) is 4.93. The third kappa shape index (κ3) is 2.86. The molecule has 0 radical (unpaired) electrons. The molecule has 1 unspecified atom stereocenters. The van der Waals surface area contributed by atoms with Crippen LogP contribution in [0.15, 0.2) is 60.2 Å². The highest BCUT2D eigenvalue weighted by Gasteiger charge is 2.40. The molecule has 2 N–H and O–H groups in total. The highest BCUT2D eigenvalue weighted by Crippen LogP contribution is 2.52. The summed E-state index contributed by atoms with van der Waals surface area (Å²) in [5, 5.41) is 16.0. The van der Waals surface area contributed by atoms with Crippen LogP contribution in [0.1, 0.15) is 43.9 Å². The normalized spacial score (nSPS) is 19.8. The van der Waals surface area contributed by atoms with Gasteiger partial charge in [-0.25, -0.2) is 0 Å². The number of anilines is 1. The minimum absolute atomic E-state index is 0.0760. The van der Waals surface area contributed by atoms with Gasteiger partial charge in [0.25, 0.3) is 0 Å². The van der Waals surface area contributed by atoms with E-state index in [0.717, 1.165) is 45.2 Å². The number of rotatable bonds is 2. The highest BCUT2D eigenvalue weighted by atomic mass is 16.5. The first-order chi connectivity index (χ1) is 14.4. The van der Waals surface area contributed by atoms with Crippen LogP contribution in [0.5, 0.6) is 11.5 Å². The summed E-state index contributed by atoms with van der Waals surface area (Å²) in [5.41, 5.74) is 4.98. The molecular formula is C26H25NO3. The number of benzene rings is 3. The number of phenolic OH excluding ortho intramolecular Hbond substituents is 1. The number of Topliss-reactive ketones (excluding diaryl/α,β-unsaturated/α-hetero) is 1. The quantitative estimate of drug-likeness (QED) is 0.566. The molecule has 4 nitrogen and oxygen atoms in total. The summed E-state index contributed by atoms with van der Waals surface area (Å²) in [6, 6.07) is 17.6. The number of ketones is 1. The number of phenols is 1. The first kappa shape index (κ1) is 18.7. The second kappa shape index (κ2) is 6.63. The Morgan fingerprint density at radius 2 is 1.87 bits per heavy atom. The summed E-state index contributed by atoms with van der Waals surface area (Å²) >= 11 is 0. The van der Waals surface area contributed by atoms with Crippen molar-refractivity contribution < 1.29 is 14.6 Å². The van der Waals surface area contributed by atoms with Gasteiger partial charge in [0, 0.05) is 22.9 Å². The zero-order chi connectivity index (χ0) is 21.0. The molecule has 152 valence electrons. The molecule has 0 saturated heterocycles. The summed E-state index contributed by atoms with van der Waals surface area (Å²) in [7, 11) is 1.54. The predicted octanol–water partition coefficient (Wildman–Crippen LogP) is 5.86. The van der Waals surface area contributed by atoms with E-state index in [1.807, 2.05) is 24.3 Å². The molecule has 0 amide bonds. The molecule has 0 aromatic heterocycles. The van der Waals surface area contributed by atoms with Gasteiger partial charge in [-0.15, -0.1) is 0 Å². The maximum atomic E-state index is 13.3. The van der Waals surface area contributed by atoms with E-state index in [1.54, 1.807) is 6.07 Å². The minimum Gasteiger partial charge on any atom is -0.504 e. The lowest BCUT2D eigenvalue weighted by Crippen LogP contribution is -2.33. The van der Waals surface area contributed by atoms with Crippen molar-refractivity contribution in [1.82, 2.24) is 0 Å². The van der Waals surface area contributed by atoms with Crippen LogP contribution in [0, 0.1) is 5.41 Å². The molecule has 1 aliphatic heterocycles. The van der Waals surface area contributed by atoms with Crippen molar-refractivity contribution in [3.8, 4) is 11.5 Å². The van der Waals surface area contributed by atoms with Crippen LogP contribution >= 0.6 is 0 Å². The topological polar surface area (TPSA) is 58.6 Å². The molecule has 5 rings (SSSR count). The number of fused-ring (bicyclic) bond motifs is 4. The van der Waals surface area contributed by atoms with E-state index in [0.29, 0.717) is 12.2 Å². The second-order valence-electron chi connectivity index (χ2n) is 9.05. The molecule has 0 fully saturated rings. The molecule has 30 heavy (non-hydrogen) atoms. The summed E-state index contributed by atoms with van der Waals surface area (Å²) < 4.78 is 5.33. The monoisotopic (exact) mass is 399 g/mol. The Kier molecular flexibility index (Phi) is 4.14. The number of allylic oxidation sites excluding steroid dienone is 1. The average Bonchev–Trinajstić information content (AvgIpc) is 2.72. The first-order valence-corrected chi connectivity index (χ1v) is 10.3. The van der Waals surface area contributed by atoms with E-state index >= 15 is 0 Å². The average molecular weight is 399 g/mol. The molecule has 0 spiro atoms. The predicted molar refractivity (Wildman–Crippen MR) is 120 cm³/mol. The molecule has 1 aliphatic carbocycles. The lowest BCUT2D eigenvalue weighted by atomic mass is 9.68. The SMILES string of the molecule is COc1cc(C2Nc3c(ccc4ccccc34)C3=C2C(=O)CC(C)(C)C3)ccc1O. The Labute approximate surface area is 176 Å². The highest BCUT2D eigenvalue weighted by molar-refractivity contribution is 6.12. The summed E-state index contributed by atoms with van der Waals surface area (Å²) in [5.74, 6) is 0.682. The van der Waals surface area contributed by atoms with Crippen LogP contribution < -0.4 is 10.1 Å². The fourth-order valence-corrected chi connectivity index (χ4v) is 4.93. The van der Waals surface area contributed by atoms with Gasteiger partial charge in [-0.3, -0.25) is 4.79 Å². The van der Waals surface area contributed by atoms with Crippen molar-refractivity contribution >= 4 is 27.8 Å². The smallest absolute Gasteiger partial charge is 0.162 e. The Morgan fingerprint density at radius 3 is 2.67 bits per heavy atom. The van der Waals surface area contributed by atoms with Gasteiger partial charge in [0.15, 0.2) is 17.3 Å². The van der Waals surface area contributed by atoms with Gasteiger partial charge in [0.2, 0.25) is 0 Å². The van der Waals surface area contributed by atoms with E-state index in [1.165, 1.54) is 7.11 Å². The Bertz CT molecular complexity index is 1220. The van der Waals surface area contributed by atoms with Crippen molar-refractivity contribution in [2.24, 2.45) is 5.41 Å². The standard InChI is InChI=1S/C26H25NO3/c1-26(2)13-19-18-10-8-15-6-4-5-7-17(15)25(18)27-24(23(19)21(29)14-26)16-9-11-20(28)22(12-16)30-3/h4-12,24,27-28H,13-14H2,1-3H3. The maximum Gasteiger partial charge on any atom is 0.162 e. The van der Waals surface area contributed by atoms with Crippen LogP contribution in [0.3, 0.4) is 0 Å². The number of hydrogen-bond acceptors (Lipinski definition) is 4. The summed E-state index contributed by atoms with van der Waals surface area (Å²) in [4.78, 5) is 13.3. The lowest BCUT2D eigenvalue weighted by molar-refractivity contribution is -0.118. The van der Waals surface area contributed by atoms with Gasteiger partial charge in [-0.05, 0) is 40.5 Å². The molecule has 1 heterocycles. The van der Waals surface area contributed by atoms with Crippen LogP contribution in [-0.2, 0) is 4.79 Å². The molecule has 2 aliphatic rings. The molecule has 0 saturated carbocycles. The van der Waals surface area contributed by atoms with Gasteiger partial charge in [-0.1, -0.05) is 56.3 Å². The molecule has 3 aromatic rings. The van der Waals surface area contributed by atoms with Gasteiger partial charge in [-0.2, -0.15) is 0 Å². The number of nitrogens with one attached hydrogen (secondary N) is 1. The van der Waals surface area contributed by atoms with Crippen molar-refractivity contribution in [3.63, 3.8) is 0 Å². The number of carbonyl (C=O) groups is 1. The van der Waals surface area contributed by atoms with Crippen LogP contribution in [0.25, 0.3) is 16.3 Å². The number of carbonyl (C=O) groups excluding carboxylic acids is 1. The Hall–Kier alpha value is -3.27. The first-order valence-electron chi connectivity index (χ1n) is 10.3. The van der Waals surface area contributed by atoms with E-state index < -0.39 is 0 Å². The number of hydrogen-bond donors (Lipinski definition) is 2. The number of aromatic hydroxyl groups is 1. The third-order valence-corrected chi connectivity index (χ3v) is 6.29. The molecule has 4 heteroatoms. The van der Waals surface area contributed by atoms with Crippen molar-refractivity contribution in [1.29, 1.82) is 0 Å². The fraction of sp³-hybridized carbons (Fsp3) is 0.269. The Morgan fingerprint density at radius 1 is 1.07 bits per heavy atom. The Balaban J connectivity index is 1.78. The van der Waals surface area contributed by atoms with E-state index in [-0.39, 0.29) is 23.0 Å². The van der Waals surface area contributed by atoms with Gasteiger partial charge >= 0.3 is 0 Å². The molecule has 1 atom stereocenters. The van der Waals surface area contributed by atoms with Crippen molar-refractivity contribution in [2.75, 3.05) is 12.4 Å². The molecular weight excluding hydrogens is 374 g/mol. The zero-order valence-electron chi connectivity index (χ0n) is 17.5. The zero-order valence-corrected chi connectivity index (χ0v) is 17.5. The van der Waals surface area contributed by atoms with Crippen molar-refractivity contribution in [2.45, 2.75) is 32.7 Å². The maximum absolute atomic E-state index is 13.3. The van der Waals surface area contributed by atoms with Gasteiger partial charge < -0.3 is 15.2 Å². The molecule has 3 aromatic carbocycles. The van der Waals surface area contributed by atoms with Gasteiger partial charge in [0.05, 0.1) is 18.8 Å². The largest absolute Gasteiger partial charge is 0.504 e. The van der Waals surface area contributed by atoms with Gasteiger partial charge in [0.1, 0.15) is 0 Å². The third-order valence-electron chi connectivity index (χ3n) is 6.29. The van der Waals surface area contributed by atoms with E-state index in [9.17, 15) is 9.90 Å². The van der Waals surface area contributed by atoms with Crippen LogP contribution in [-0.4, -0.2) is 18.0 Å².